The summed E-state index contributed by atoms with van der Waals surface area (Å²) in [6, 6.07) is 13.4. The van der Waals surface area contributed by atoms with E-state index in [9.17, 15) is 9.59 Å². The Morgan fingerprint density at radius 3 is 2.47 bits per heavy atom. The molecule has 3 aliphatic heterocycles. The maximum Gasteiger partial charge on any atom is 0.253 e. The van der Waals surface area contributed by atoms with Crippen LogP contribution in [0.5, 0.6) is 11.5 Å². The van der Waals surface area contributed by atoms with Gasteiger partial charge in [0.1, 0.15) is 0 Å². The molecule has 0 atom stereocenters. The van der Waals surface area contributed by atoms with Crippen LogP contribution < -0.4 is 14.8 Å². The van der Waals surface area contributed by atoms with Crippen molar-refractivity contribution in [3.8, 4) is 11.5 Å². The van der Waals surface area contributed by atoms with Crippen LogP contribution in [-0.4, -0.2) is 60.6 Å². The number of benzene rings is 2. The summed E-state index contributed by atoms with van der Waals surface area (Å²) in [6.07, 6.45) is 3.67. The zero-order valence-corrected chi connectivity index (χ0v) is 19.9. The highest BCUT2D eigenvalue weighted by Crippen LogP contribution is 2.32. The SMILES string of the molecule is O=C(NCc1ccc2c(c1)OCO2)C1CCN(C2CCN(C(=O)c3cccc(Cl)c3)CC2)CC1. The second kappa shape index (κ2) is 10.2. The van der Waals surface area contributed by atoms with Gasteiger partial charge in [0.05, 0.1) is 0 Å². The summed E-state index contributed by atoms with van der Waals surface area (Å²) >= 11 is 6.04. The molecule has 0 bridgehead atoms. The first-order valence-electron chi connectivity index (χ1n) is 12.0. The fraction of sp³-hybridized carbons (Fsp3) is 0.462. The minimum Gasteiger partial charge on any atom is -0.454 e. The van der Waals surface area contributed by atoms with Crippen molar-refractivity contribution in [3.05, 3.63) is 58.6 Å². The zero-order chi connectivity index (χ0) is 23.5. The molecule has 2 aromatic carbocycles. The summed E-state index contributed by atoms with van der Waals surface area (Å²) in [4.78, 5) is 29.9. The Morgan fingerprint density at radius 2 is 1.71 bits per heavy atom. The standard InChI is InChI=1S/C26H30ClN3O4/c27-21-3-1-2-20(15-21)26(32)30-12-8-22(9-13-30)29-10-6-19(7-11-29)25(31)28-16-18-4-5-23-24(14-18)34-17-33-23/h1-5,14-15,19,22H,6-13,16-17H2,(H,28,31). The molecular weight excluding hydrogens is 454 g/mol. The van der Waals surface area contributed by atoms with Crippen LogP contribution in [0.4, 0.5) is 0 Å². The maximum atomic E-state index is 12.8. The minimum atomic E-state index is 0.0507. The van der Waals surface area contributed by atoms with Crippen LogP contribution in [0.1, 0.15) is 41.6 Å². The molecule has 0 radical (unpaired) electrons. The number of carbonyl (C=O) groups is 2. The number of nitrogens with zero attached hydrogens (tertiary/aromatic N) is 2. The summed E-state index contributed by atoms with van der Waals surface area (Å²) in [5.74, 6) is 1.72. The molecule has 3 heterocycles. The van der Waals surface area contributed by atoms with E-state index in [2.05, 4.69) is 10.2 Å². The lowest BCUT2D eigenvalue weighted by Crippen LogP contribution is -2.50. The van der Waals surface area contributed by atoms with Gasteiger partial charge in [-0.3, -0.25) is 9.59 Å². The van der Waals surface area contributed by atoms with Crippen LogP contribution >= 0.6 is 11.6 Å². The third-order valence-electron chi connectivity index (χ3n) is 7.14. The number of piperidine rings is 2. The van der Waals surface area contributed by atoms with Gasteiger partial charge in [0.15, 0.2) is 11.5 Å². The number of hydrogen-bond donors (Lipinski definition) is 1. The molecule has 0 saturated carbocycles. The number of nitrogens with one attached hydrogen (secondary N) is 1. The van der Waals surface area contributed by atoms with Crippen molar-refractivity contribution < 1.29 is 19.1 Å². The van der Waals surface area contributed by atoms with E-state index in [1.165, 1.54) is 0 Å². The quantitative estimate of drug-likeness (QED) is 0.702. The molecule has 0 aromatic heterocycles. The van der Waals surface area contributed by atoms with Gasteiger partial charge in [-0.25, -0.2) is 0 Å². The van der Waals surface area contributed by atoms with Crippen molar-refractivity contribution in [2.75, 3.05) is 33.0 Å². The number of likely N-dealkylation sites (tertiary alicyclic amines) is 2. The van der Waals surface area contributed by atoms with Gasteiger partial charge in [0, 0.05) is 42.2 Å². The molecule has 3 aliphatic rings. The summed E-state index contributed by atoms with van der Waals surface area (Å²) in [5.41, 5.74) is 1.66. The predicted molar refractivity (Wildman–Crippen MR) is 129 cm³/mol. The van der Waals surface area contributed by atoms with Crippen LogP contribution in [0.2, 0.25) is 5.02 Å². The Morgan fingerprint density at radius 1 is 0.941 bits per heavy atom. The molecule has 1 N–H and O–H groups in total. The van der Waals surface area contributed by atoms with E-state index in [1.54, 1.807) is 12.1 Å². The van der Waals surface area contributed by atoms with Gasteiger partial charge >= 0.3 is 0 Å². The first kappa shape index (κ1) is 23.0. The van der Waals surface area contributed by atoms with Crippen molar-refractivity contribution in [2.45, 2.75) is 38.3 Å². The molecule has 8 heteroatoms. The smallest absolute Gasteiger partial charge is 0.253 e. The Labute approximate surface area is 205 Å². The number of hydrogen-bond acceptors (Lipinski definition) is 5. The minimum absolute atomic E-state index is 0.0507. The molecule has 180 valence electrons. The number of carbonyl (C=O) groups excluding carboxylic acids is 2. The second-order valence-electron chi connectivity index (χ2n) is 9.25. The van der Waals surface area contributed by atoms with Crippen molar-refractivity contribution in [2.24, 2.45) is 5.92 Å². The van der Waals surface area contributed by atoms with Gasteiger partial charge in [-0.15, -0.1) is 0 Å². The predicted octanol–water partition coefficient (Wildman–Crippen LogP) is 3.70. The van der Waals surface area contributed by atoms with Crippen LogP contribution in [0.15, 0.2) is 42.5 Å². The largest absolute Gasteiger partial charge is 0.454 e. The topological polar surface area (TPSA) is 71.1 Å². The van der Waals surface area contributed by atoms with Gasteiger partial charge in [-0.1, -0.05) is 23.7 Å². The highest BCUT2D eigenvalue weighted by atomic mass is 35.5. The van der Waals surface area contributed by atoms with Crippen LogP contribution in [-0.2, 0) is 11.3 Å². The molecule has 5 rings (SSSR count). The van der Waals surface area contributed by atoms with E-state index < -0.39 is 0 Å². The zero-order valence-electron chi connectivity index (χ0n) is 19.2. The molecule has 0 spiro atoms. The van der Waals surface area contributed by atoms with Gasteiger partial charge in [0.2, 0.25) is 12.7 Å². The van der Waals surface area contributed by atoms with Gasteiger partial charge in [0.25, 0.3) is 5.91 Å². The van der Waals surface area contributed by atoms with Gasteiger partial charge < -0.3 is 24.6 Å². The van der Waals surface area contributed by atoms with E-state index in [4.69, 9.17) is 21.1 Å². The van der Waals surface area contributed by atoms with E-state index in [0.717, 1.165) is 68.9 Å². The van der Waals surface area contributed by atoms with E-state index in [0.29, 0.717) is 23.2 Å². The third kappa shape index (κ3) is 5.15. The Balaban J connectivity index is 1.05. The number of amides is 2. The van der Waals surface area contributed by atoms with Gasteiger partial charge in [-0.2, -0.15) is 0 Å². The van der Waals surface area contributed by atoms with Crippen LogP contribution in [0, 0.1) is 5.92 Å². The average molecular weight is 484 g/mol. The second-order valence-corrected chi connectivity index (χ2v) is 9.69. The number of ether oxygens (including phenoxy) is 2. The number of rotatable bonds is 5. The molecule has 34 heavy (non-hydrogen) atoms. The molecule has 0 aliphatic carbocycles. The first-order chi connectivity index (χ1) is 16.6. The Kier molecular flexibility index (Phi) is 6.92. The summed E-state index contributed by atoms with van der Waals surface area (Å²) in [6.45, 7) is 4.11. The average Bonchev–Trinajstić information content (AvgIpc) is 3.35. The molecule has 2 amide bonds. The van der Waals surface area contributed by atoms with E-state index in [-0.39, 0.29) is 24.5 Å². The van der Waals surface area contributed by atoms with Crippen LogP contribution in [0.3, 0.4) is 0 Å². The highest BCUT2D eigenvalue weighted by Gasteiger charge is 2.32. The number of halogens is 1. The Hall–Kier alpha value is -2.77. The lowest BCUT2D eigenvalue weighted by molar-refractivity contribution is -0.126. The lowest BCUT2D eigenvalue weighted by Gasteiger charge is -2.41. The number of fused-ring (bicyclic) bond motifs is 1. The Bertz CT molecular complexity index is 1050. The van der Waals surface area contributed by atoms with Crippen molar-refractivity contribution >= 4 is 23.4 Å². The maximum absolute atomic E-state index is 12.8. The van der Waals surface area contributed by atoms with E-state index in [1.807, 2.05) is 35.2 Å². The monoisotopic (exact) mass is 483 g/mol. The van der Waals surface area contributed by atoms with Crippen molar-refractivity contribution in [3.63, 3.8) is 0 Å². The first-order valence-corrected chi connectivity index (χ1v) is 12.4. The summed E-state index contributed by atoms with van der Waals surface area (Å²) in [7, 11) is 0. The summed E-state index contributed by atoms with van der Waals surface area (Å²) < 4.78 is 10.7. The molecule has 2 aromatic rings. The molecule has 2 fully saturated rings. The van der Waals surface area contributed by atoms with E-state index >= 15 is 0 Å². The fourth-order valence-corrected chi connectivity index (χ4v) is 5.34. The van der Waals surface area contributed by atoms with Gasteiger partial charge in [-0.05, 0) is 74.7 Å². The molecule has 0 unspecified atom stereocenters. The lowest BCUT2D eigenvalue weighted by atomic mass is 9.92. The fourth-order valence-electron chi connectivity index (χ4n) is 5.15. The highest BCUT2D eigenvalue weighted by molar-refractivity contribution is 6.30. The molecular formula is C26H30ClN3O4. The van der Waals surface area contributed by atoms with Crippen molar-refractivity contribution in [1.82, 2.24) is 15.1 Å². The normalized spacial score (nSPS) is 19.3. The molecule has 2 saturated heterocycles. The molecule has 7 nitrogen and oxygen atoms in total. The third-order valence-corrected chi connectivity index (χ3v) is 7.38. The van der Waals surface area contributed by atoms with Crippen molar-refractivity contribution in [1.29, 1.82) is 0 Å². The summed E-state index contributed by atoms with van der Waals surface area (Å²) in [5, 5.41) is 3.67. The van der Waals surface area contributed by atoms with Crippen LogP contribution in [0.25, 0.3) is 0 Å².